The van der Waals surface area contributed by atoms with Gasteiger partial charge in [0.2, 0.25) is 0 Å². The minimum atomic E-state index is 1.19. The number of pyridine rings is 1. The van der Waals surface area contributed by atoms with Gasteiger partial charge in [0.05, 0.1) is 0 Å². The number of aryl methyl sites for hydroxylation is 2. The van der Waals surface area contributed by atoms with E-state index in [4.69, 9.17) is 0 Å². The Morgan fingerprint density at radius 2 is 1.26 bits per heavy atom. The summed E-state index contributed by atoms with van der Waals surface area (Å²) >= 11 is 0. The summed E-state index contributed by atoms with van der Waals surface area (Å²) in [5.41, 5.74) is 1.52. The first-order valence-corrected chi connectivity index (χ1v) is 10.3. The molecule has 0 bridgehead atoms. The van der Waals surface area contributed by atoms with E-state index in [1.807, 2.05) is 0 Å². The second kappa shape index (κ2) is 14.7. The van der Waals surface area contributed by atoms with Gasteiger partial charge >= 0.3 is 0 Å². The second-order valence-corrected chi connectivity index (χ2v) is 7.09. The fourth-order valence-corrected chi connectivity index (χ4v) is 3.22. The Bertz CT molecular complexity index is 372. The lowest BCUT2D eigenvalue weighted by molar-refractivity contribution is -0.697. The van der Waals surface area contributed by atoms with Crippen molar-refractivity contribution in [1.29, 1.82) is 0 Å². The van der Waals surface area contributed by atoms with Crippen LogP contribution >= 0.6 is 0 Å². The first kappa shape index (κ1) is 20.2. The summed E-state index contributed by atoms with van der Waals surface area (Å²) in [7, 11) is 0. The number of unbranched alkanes of at least 4 members (excludes halogenated alkanes) is 11. The van der Waals surface area contributed by atoms with Gasteiger partial charge in [-0.25, -0.2) is 4.57 Å². The molecule has 0 saturated heterocycles. The smallest absolute Gasteiger partial charge is 0.171 e. The van der Waals surface area contributed by atoms with E-state index in [-0.39, 0.29) is 0 Å². The van der Waals surface area contributed by atoms with Crippen molar-refractivity contribution in [3.63, 3.8) is 0 Å². The van der Waals surface area contributed by atoms with Gasteiger partial charge in [-0.1, -0.05) is 78.1 Å². The summed E-state index contributed by atoms with van der Waals surface area (Å²) < 4.78 is 2.39. The van der Waals surface area contributed by atoms with Gasteiger partial charge in [0.25, 0.3) is 0 Å². The average Bonchev–Trinajstić information content (AvgIpc) is 2.58. The molecule has 0 atom stereocenters. The highest BCUT2D eigenvalue weighted by atomic mass is 14.9. The Balaban J connectivity index is 2.06. The third kappa shape index (κ3) is 11.3. The molecular formula is C22H40N+. The summed E-state index contributed by atoms with van der Waals surface area (Å²) in [4.78, 5) is 0. The van der Waals surface area contributed by atoms with E-state index < -0.39 is 0 Å². The van der Waals surface area contributed by atoms with Crippen molar-refractivity contribution < 1.29 is 4.57 Å². The molecule has 1 aromatic heterocycles. The van der Waals surface area contributed by atoms with E-state index >= 15 is 0 Å². The van der Waals surface area contributed by atoms with Crippen molar-refractivity contribution in [3.05, 3.63) is 30.1 Å². The standard InChI is InChI=1S/C22H40N/c1-3-5-7-9-10-11-12-13-14-17-22-18-16-20-23(21-22)19-15-8-6-4-2/h16,18,20-21H,3-15,17,19H2,1-2H3/q+1. The van der Waals surface area contributed by atoms with Gasteiger partial charge < -0.3 is 0 Å². The quantitative estimate of drug-likeness (QED) is 0.252. The molecule has 1 heteroatoms. The zero-order chi connectivity index (χ0) is 16.6. The molecule has 1 rings (SSSR count). The molecule has 1 nitrogen and oxygen atoms in total. The monoisotopic (exact) mass is 318 g/mol. The molecule has 0 amide bonds. The first-order valence-electron chi connectivity index (χ1n) is 10.3. The number of rotatable bonds is 15. The van der Waals surface area contributed by atoms with E-state index in [9.17, 15) is 0 Å². The first-order chi connectivity index (χ1) is 11.4. The SMILES string of the molecule is CCCCCCCCCCCc1ccc[n+](CCCCCC)c1. The fraction of sp³-hybridized carbons (Fsp3) is 0.773. The minimum Gasteiger partial charge on any atom is -0.205 e. The maximum Gasteiger partial charge on any atom is 0.171 e. The van der Waals surface area contributed by atoms with Crippen LogP contribution in [0.1, 0.15) is 103 Å². The van der Waals surface area contributed by atoms with Gasteiger partial charge in [0.1, 0.15) is 6.54 Å². The van der Waals surface area contributed by atoms with Crippen molar-refractivity contribution in [2.75, 3.05) is 0 Å². The third-order valence-electron chi connectivity index (χ3n) is 4.76. The third-order valence-corrected chi connectivity index (χ3v) is 4.76. The predicted molar refractivity (Wildman–Crippen MR) is 102 cm³/mol. The predicted octanol–water partition coefficient (Wildman–Crippen LogP) is 6.63. The maximum atomic E-state index is 2.39. The van der Waals surface area contributed by atoms with Crippen molar-refractivity contribution >= 4 is 0 Å². The Labute approximate surface area is 145 Å². The van der Waals surface area contributed by atoms with Crippen LogP contribution in [0.25, 0.3) is 0 Å². The van der Waals surface area contributed by atoms with Gasteiger partial charge in [0, 0.05) is 18.1 Å². The van der Waals surface area contributed by atoms with Crippen molar-refractivity contribution in [2.45, 2.75) is 110 Å². The number of nitrogens with zero attached hydrogens (tertiary/aromatic N) is 1. The number of hydrogen-bond donors (Lipinski definition) is 0. The van der Waals surface area contributed by atoms with Crippen molar-refractivity contribution in [3.8, 4) is 0 Å². The molecule has 0 unspecified atom stereocenters. The topological polar surface area (TPSA) is 3.88 Å². The zero-order valence-corrected chi connectivity index (χ0v) is 15.9. The molecule has 0 aliphatic carbocycles. The molecule has 0 aromatic carbocycles. The summed E-state index contributed by atoms with van der Waals surface area (Å²) in [6.07, 6.45) is 24.0. The largest absolute Gasteiger partial charge is 0.205 e. The highest BCUT2D eigenvalue weighted by molar-refractivity contribution is 5.05. The molecule has 0 aliphatic rings. The van der Waals surface area contributed by atoms with Gasteiger partial charge in [0.15, 0.2) is 12.4 Å². The molecule has 132 valence electrons. The Morgan fingerprint density at radius 3 is 1.91 bits per heavy atom. The summed E-state index contributed by atoms with van der Waals surface area (Å²) in [6, 6.07) is 4.52. The van der Waals surface area contributed by atoms with Crippen LogP contribution in [0, 0.1) is 0 Å². The lowest BCUT2D eigenvalue weighted by Crippen LogP contribution is -2.33. The van der Waals surface area contributed by atoms with Crippen LogP contribution < -0.4 is 4.57 Å². The highest BCUT2D eigenvalue weighted by Crippen LogP contribution is 2.11. The molecule has 23 heavy (non-hydrogen) atoms. The van der Waals surface area contributed by atoms with Crippen LogP contribution in [0.5, 0.6) is 0 Å². The van der Waals surface area contributed by atoms with Crippen LogP contribution in [0.3, 0.4) is 0 Å². The molecule has 0 N–H and O–H groups in total. The van der Waals surface area contributed by atoms with Gasteiger partial charge in [-0.2, -0.15) is 0 Å². The lowest BCUT2D eigenvalue weighted by atomic mass is 10.0. The van der Waals surface area contributed by atoms with Crippen LogP contribution in [-0.2, 0) is 13.0 Å². The van der Waals surface area contributed by atoms with Crippen LogP contribution in [0.4, 0.5) is 0 Å². The van der Waals surface area contributed by atoms with Crippen LogP contribution in [0.15, 0.2) is 24.5 Å². The Kier molecular flexibility index (Phi) is 12.9. The average molecular weight is 319 g/mol. The van der Waals surface area contributed by atoms with Crippen LogP contribution in [0.2, 0.25) is 0 Å². The van der Waals surface area contributed by atoms with E-state index in [1.54, 1.807) is 0 Å². The van der Waals surface area contributed by atoms with Gasteiger partial charge in [-0.15, -0.1) is 0 Å². The summed E-state index contributed by atoms with van der Waals surface area (Å²) in [6.45, 7) is 5.75. The number of aromatic nitrogens is 1. The molecule has 1 heterocycles. The highest BCUT2D eigenvalue weighted by Gasteiger charge is 2.03. The zero-order valence-electron chi connectivity index (χ0n) is 15.9. The molecule has 1 aromatic rings. The molecular weight excluding hydrogens is 278 g/mol. The summed E-state index contributed by atoms with van der Waals surface area (Å²) in [5.74, 6) is 0. The van der Waals surface area contributed by atoms with Gasteiger partial charge in [-0.05, 0) is 25.3 Å². The Hall–Kier alpha value is -0.850. The second-order valence-electron chi connectivity index (χ2n) is 7.09. The van der Waals surface area contributed by atoms with E-state index in [2.05, 4.69) is 42.9 Å². The minimum absolute atomic E-state index is 1.19. The van der Waals surface area contributed by atoms with E-state index in [0.29, 0.717) is 0 Å². The lowest BCUT2D eigenvalue weighted by Gasteiger charge is -2.03. The Morgan fingerprint density at radius 1 is 0.696 bits per heavy atom. The molecule has 0 saturated carbocycles. The maximum absolute atomic E-state index is 2.39. The van der Waals surface area contributed by atoms with E-state index in [1.165, 1.54) is 102 Å². The summed E-state index contributed by atoms with van der Waals surface area (Å²) in [5, 5.41) is 0. The fourth-order valence-electron chi connectivity index (χ4n) is 3.22. The normalized spacial score (nSPS) is 11.0. The molecule has 0 fully saturated rings. The molecule has 0 aliphatic heterocycles. The van der Waals surface area contributed by atoms with Crippen LogP contribution in [-0.4, -0.2) is 0 Å². The van der Waals surface area contributed by atoms with Crippen molar-refractivity contribution in [1.82, 2.24) is 0 Å². The van der Waals surface area contributed by atoms with Crippen molar-refractivity contribution in [2.24, 2.45) is 0 Å². The molecule has 0 radical (unpaired) electrons. The van der Waals surface area contributed by atoms with E-state index in [0.717, 1.165) is 0 Å². The van der Waals surface area contributed by atoms with Gasteiger partial charge in [-0.3, -0.25) is 0 Å². The number of hydrogen-bond acceptors (Lipinski definition) is 0. The molecule has 0 spiro atoms.